The van der Waals surface area contributed by atoms with Crippen LogP contribution in [-0.4, -0.2) is 9.38 Å². The largest absolute Gasteiger partial charge is 0.268 e. The Morgan fingerprint density at radius 3 is 2.59 bits per heavy atom. The molecule has 130 valence electrons. The number of rotatable bonds is 1. The van der Waals surface area contributed by atoms with Gasteiger partial charge in [0, 0.05) is 10.8 Å². The maximum Gasteiger partial charge on any atom is 0.266 e. The molecule has 0 N–H and O–H groups in total. The van der Waals surface area contributed by atoms with Crippen LogP contribution in [-0.2, 0) is 0 Å². The number of fused-ring (bicyclic) bond motifs is 4. The zero-order valence-corrected chi connectivity index (χ0v) is 15.4. The first-order valence-electron chi connectivity index (χ1n) is 8.73. The smallest absolute Gasteiger partial charge is 0.266 e. The Labute approximate surface area is 160 Å². The van der Waals surface area contributed by atoms with Crippen LogP contribution in [0.5, 0.6) is 0 Å². The second-order valence-corrected chi connectivity index (χ2v) is 7.11. The molecule has 3 nitrogen and oxygen atoms in total. The minimum atomic E-state index is -0.0758. The zero-order chi connectivity index (χ0) is 18.5. The highest BCUT2D eigenvalue weighted by Crippen LogP contribution is 2.26. The normalized spacial score (nSPS) is 12.4. The third kappa shape index (κ3) is 2.43. The van der Waals surface area contributed by atoms with Crippen molar-refractivity contribution in [2.24, 2.45) is 0 Å². The van der Waals surface area contributed by atoms with Crippen molar-refractivity contribution >= 4 is 45.0 Å². The lowest BCUT2D eigenvalue weighted by molar-refractivity contribution is 1.07. The van der Waals surface area contributed by atoms with Gasteiger partial charge in [-0.2, -0.15) is 0 Å². The first kappa shape index (κ1) is 16.0. The van der Waals surface area contributed by atoms with Crippen molar-refractivity contribution in [3.05, 3.63) is 98.6 Å². The van der Waals surface area contributed by atoms with E-state index < -0.39 is 0 Å². The van der Waals surface area contributed by atoms with Crippen LogP contribution < -0.4 is 10.9 Å². The number of nitrogens with zero attached hydrogens (tertiary/aromatic N) is 2. The molecule has 4 heteroatoms. The number of aromatic nitrogens is 2. The van der Waals surface area contributed by atoms with Gasteiger partial charge in [0.2, 0.25) is 0 Å². The summed E-state index contributed by atoms with van der Waals surface area (Å²) in [5.41, 5.74) is 3.25. The van der Waals surface area contributed by atoms with E-state index in [2.05, 4.69) is 0 Å². The van der Waals surface area contributed by atoms with Gasteiger partial charge in [-0.15, -0.1) is 0 Å². The van der Waals surface area contributed by atoms with Gasteiger partial charge in [0.25, 0.3) is 5.56 Å². The van der Waals surface area contributed by atoms with E-state index in [0.717, 1.165) is 27.2 Å². The van der Waals surface area contributed by atoms with Crippen LogP contribution in [0.3, 0.4) is 0 Å². The molecule has 0 radical (unpaired) electrons. The number of halogens is 1. The number of benzene rings is 3. The van der Waals surface area contributed by atoms with E-state index in [-0.39, 0.29) is 5.56 Å². The van der Waals surface area contributed by atoms with Gasteiger partial charge in [-0.1, -0.05) is 65.7 Å². The molecular weight excluding hydrogens is 356 g/mol. The van der Waals surface area contributed by atoms with Crippen LogP contribution in [0, 0.1) is 6.92 Å². The predicted octanol–water partition coefficient (Wildman–Crippen LogP) is 4.51. The van der Waals surface area contributed by atoms with E-state index in [9.17, 15) is 4.79 Å². The second kappa shape index (κ2) is 5.93. The van der Waals surface area contributed by atoms with Crippen LogP contribution in [0.4, 0.5) is 0 Å². The molecule has 0 saturated carbocycles. The monoisotopic (exact) mass is 370 g/mol. The van der Waals surface area contributed by atoms with E-state index >= 15 is 0 Å². The molecule has 5 rings (SSSR count). The minimum absolute atomic E-state index is 0.0758. The first-order chi connectivity index (χ1) is 13.1. The third-order valence-corrected chi connectivity index (χ3v) is 5.20. The van der Waals surface area contributed by atoms with Crippen molar-refractivity contribution < 1.29 is 0 Å². The highest BCUT2D eigenvalue weighted by Gasteiger charge is 2.15. The summed E-state index contributed by atoms with van der Waals surface area (Å²) >= 11 is 6.51. The van der Waals surface area contributed by atoms with Gasteiger partial charge in [0.05, 0.1) is 21.3 Å². The SMILES string of the molecule is Cc1ccc2nc3c4c(Cl)cccc4/c(=C\c4ccccc4)n3c(=O)c2c1. The Hall–Kier alpha value is -3.17. The molecule has 0 aliphatic heterocycles. The minimum Gasteiger partial charge on any atom is -0.268 e. The average Bonchev–Trinajstić information content (AvgIpc) is 2.98. The summed E-state index contributed by atoms with van der Waals surface area (Å²) in [4.78, 5) is 18.2. The van der Waals surface area contributed by atoms with Gasteiger partial charge < -0.3 is 0 Å². The lowest BCUT2D eigenvalue weighted by atomic mass is 10.1. The standard InChI is InChI=1S/C23H15ClN2O/c1-14-10-11-19-17(12-14)23(27)26-20(13-15-6-3-2-4-7-15)16-8-5-9-18(24)21(16)22(26)25-19/h2-13H,1H3/b20-13+. The lowest BCUT2D eigenvalue weighted by Crippen LogP contribution is -2.24. The summed E-state index contributed by atoms with van der Waals surface area (Å²) in [6, 6.07) is 21.4. The Morgan fingerprint density at radius 2 is 1.78 bits per heavy atom. The molecular formula is C23H15ClN2O. The third-order valence-electron chi connectivity index (χ3n) is 4.88. The molecule has 0 fully saturated rings. The van der Waals surface area contributed by atoms with E-state index in [1.165, 1.54) is 0 Å². The molecule has 2 heterocycles. The Balaban J connectivity index is 2.09. The fourth-order valence-corrected chi connectivity index (χ4v) is 3.88. The molecule has 2 aromatic heterocycles. The number of aryl methyl sites for hydroxylation is 1. The number of hydrogen-bond donors (Lipinski definition) is 0. The summed E-state index contributed by atoms with van der Waals surface area (Å²) in [5, 5.41) is 3.73. The van der Waals surface area contributed by atoms with E-state index in [0.29, 0.717) is 21.6 Å². The van der Waals surface area contributed by atoms with Crippen molar-refractivity contribution in [2.45, 2.75) is 6.92 Å². The van der Waals surface area contributed by atoms with E-state index in [1.54, 1.807) is 4.40 Å². The zero-order valence-electron chi connectivity index (χ0n) is 14.6. The molecule has 0 amide bonds. The van der Waals surface area contributed by atoms with Crippen LogP contribution in [0.15, 0.2) is 71.5 Å². The molecule has 27 heavy (non-hydrogen) atoms. The molecule has 0 aliphatic rings. The van der Waals surface area contributed by atoms with Crippen LogP contribution >= 0.6 is 11.6 Å². The van der Waals surface area contributed by atoms with Gasteiger partial charge in [-0.3, -0.25) is 9.20 Å². The summed E-state index contributed by atoms with van der Waals surface area (Å²) in [7, 11) is 0. The summed E-state index contributed by atoms with van der Waals surface area (Å²) in [5.74, 6) is 0. The van der Waals surface area contributed by atoms with Crippen LogP contribution in [0.1, 0.15) is 11.1 Å². The Morgan fingerprint density at radius 1 is 0.963 bits per heavy atom. The van der Waals surface area contributed by atoms with E-state index in [4.69, 9.17) is 16.6 Å². The summed E-state index contributed by atoms with van der Waals surface area (Å²) in [6.45, 7) is 1.98. The fourth-order valence-electron chi connectivity index (χ4n) is 3.63. The maximum absolute atomic E-state index is 13.4. The van der Waals surface area contributed by atoms with Gasteiger partial charge in [0.1, 0.15) is 5.65 Å². The molecule has 0 unspecified atom stereocenters. The van der Waals surface area contributed by atoms with Gasteiger partial charge in [-0.05, 0) is 36.8 Å². The predicted molar refractivity (Wildman–Crippen MR) is 111 cm³/mol. The fraction of sp³-hybridized carbons (Fsp3) is 0.0435. The number of hydrogen-bond acceptors (Lipinski definition) is 2. The Bertz CT molecular complexity index is 1450. The van der Waals surface area contributed by atoms with Gasteiger partial charge in [0.15, 0.2) is 0 Å². The molecule has 0 atom stereocenters. The van der Waals surface area contributed by atoms with Crippen LogP contribution in [0.25, 0.3) is 33.4 Å². The quantitative estimate of drug-likeness (QED) is 0.435. The second-order valence-electron chi connectivity index (χ2n) is 6.70. The first-order valence-corrected chi connectivity index (χ1v) is 9.11. The van der Waals surface area contributed by atoms with Crippen molar-refractivity contribution in [1.29, 1.82) is 0 Å². The summed E-state index contributed by atoms with van der Waals surface area (Å²) in [6.07, 6.45) is 2.01. The van der Waals surface area contributed by atoms with Crippen molar-refractivity contribution in [1.82, 2.24) is 9.38 Å². The highest BCUT2D eigenvalue weighted by molar-refractivity contribution is 6.37. The molecule has 0 bridgehead atoms. The maximum atomic E-state index is 13.4. The summed E-state index contributed by atoms with van der Waals surface area (Å²) < 4.78 is 1.69. The molecule has 0 saturated heterocycles. The molecule has 5 aromatic rings. The Kier molecular flexibility index (Phi) is 3.52. The van der Waals surface area contributed by atoms with Gasteiger partial charge >= 0.3 is 0 Å². The molecule has 0 aliphatic carbocycles. The molecule has 3 aromatic carbocycles. The lowest BCUT2D eigenvalue weighted by Gasteiger charge is -2.01. The topological polar surface area (TPSA) is 34.4 Å². The van der Waals surface area contributed by atoms with Crippen molar-refractivity contribution in [2.75, 3.05) is 0 Å². The van der Waals surface area contributed by atoms with Gasteiger partial charge in [-0.25, -0.2) is 4.98 Å². The highest BCUT2D eigenvalue weighted by atomic mass is 35.5. The average molecular weight is 371 g/mol. The van der Waals surface area contributed by atoms with Crippen molar-refractivity contribution in [3.8, 4) is 0 Å². The van der Waals surface area contributed by atoms with Crippen molar-refractivity contribution in [3.63, 3.8) is 0 Å². The van der Waals surface area contributed by atoms with Crippen LogP contribution in [0.2, 0.25) is 5.02 Å². The van der Waals surface area contributed by atoms with E-state index in [1.807, 2.05) is 79.7 Å². The molecule has 0 spiro atoms.